The van der Waals surface area contributed by atoms with Crippen LogP contribution in [0.3, 0.4) is 0 Å². The SMILES string of the molecule is NNC(CSC1CCCC1)c1cccc(Br)c1F. The fraction of sp³-hybridized carbons (Fsp3) is 0.538. The number of nitrogens with one attached hydrogen (secondary N) is 1. The van der Waals surface area contributed by atoms with Crippen molar-refractivity contribution < 1.29 is 4.39 Å². The van der Waals surface area contributed by atoms with Gasteiger partial charge in [0.05, 0.1) is 10.5 Å². The number of thioether (sulfide) groups is 1. The average Bonchev–Trinajstić information content (AvgIpc) is 2.88. The van der Waals surface area contributed by atoms with E-state index in [0.717, 1.165) is 11.0 Å². The number of benzene rings is 1. The zero-order valence-electron chi connectivity index (χ0n) is 10.2. The van der Waals surface area contributed by atoms with E-state index in [4.69, 9.17) is 5.84 Å². The maximum absolute atomic E-state index is 14.0. The molecule has 0 heterocycles. The molecule has 0 saturated heterocycles. The lowest BCUT2D eigenvalue weighted by molar-refractivity contribution is 0.542. The summed E-state index contributed by atoms with van der Waals surface area (Å²) in [5.41, 5.74) is 3.37. The Morgan fingerprint density at radius 1 is 1.44 bits per heavy atom. The predicted octanol–water partition coefficient (Wildman–Crippen LogP) is 3.77. The van der Waals surface area contributed by atoms with Crippen LogP contribution in [0, 0.1) is 5.82 Å². The van der Waals surface area contributed by atoms with E-state index in [1.54, 1.807) is 12.1 Å². The molecule has 3 N–H and O–H groups in total. The van der Waals surface area contributed by atoms with Gasteiger partial charge in [-0.05, 0) is 34.8 Å². The molecule has 1 aliphatic carbocycles. The Morgan fingerprint density at radius 2 is 2.17 bits per heavy atom. The van der Waals surface area contributed by atoms with E-state index in [9.17, 15) is 4.39 Å². The van der Waals surface area contributed by atoms with Crippen LogP contribution < -0.4 is 11.3 Å². The highest BCUT2D eigenvalue weighted by molar-refractivity contribution is 9.10. The lowest BCUT2D eigenvalue weighted by Gasteiger charge is -2.19. The van der Waals surface area contributed by atoms with Gasteiger partial charge in [0, 0.05) is 16.6 Å². The number of rotatable bonds is 5. The van der Waals surface area contributed by atoms with E-state index in [2.05, 4.69) is 21.4 Å². The van der Waals surface area contributed by atoms with Crippen LogP contribution in [0.5, 0.6) is 0 Å². The smallest absolute Gasteiger partial charge is 0.142 e. The summed E-state index contributed by atoms with van der Waals surface area (Å²) in [4.78, 5) is 0. The zero-order valence-corrected chi connectivity index (χ0v) is 12.6. The van der Waals surface area contributed by atoms with Crippen molar-refractivity contribution in [1.29, 1.82) is 0 Å². The maximum Gasteiger partial charge on any atom is 0.142 e. The zero-order chi connectivity index (χ0) is 13.0. The molecular formula is C13H18BrFN2S. The molecule has 100 valence electrons. The summed E-state index contributed by atoms with van der Waals surface area (Å²) >= 11 is 5.11. The number of nitrogens with two attached hydrogens (primary N) is 1. The molecule has 1 aromatic carbocycles. The van der Waals surface area contributed by atoms with E-state index in [-0.39, 0.29) is 11.9 Å². The predicted molar refractivity (Wildman–Crippen MR) is 78.9 cm³/mol. The van der Waals surface area contributed by atoms with E-state index in [1.165, 1.54) is 25.7 Å². The Morgan fingerprint density at radius 3 is 2.83 bits per heavy atom. The van der Waals surface area contributed by atoms with Crippen LogP contribution in [0.2, 0.25) is 0 Å². The number of halogens is 2. The summed E-state index contributed by atoms with van der Waals surface area (Å²) in [6.45, 7) is 0. The van der Waals surface area contributed by atoms with Crippen molar-refractivity contribution in [2.75, 3.05) is 5.75 Å². The van der Waals surface area contributed by atoms with Gasteiger partial charge in [0.25, 0.3) is 0 Å². The van der Waals surface area contributed by atoms with Gasteiger partial charge in [0.15, 0.2) is 0 Å². The van der Waals surface area contributed by atoms with Crippen molar-refractivity contribution in [2.45, 2.75) is 37.0 Å². The van der Waals surface area contributed by atoms with Crippen molar-refractivity contribution in [3.05, 3.63) is 34.1 Å². The Bertz CT molecular complexity index is 397. The van der Waals surface area contributed by atoms with Gasteiger partial charge in [0.1, 0.15) is 5.82 Å². The summed E-state index contributed by atoms with van der Waals surface area (Å²) in [5.74, 6) is 6.16. The van der Waals surface area contributed by atoms with Gasteiger partial charge in [-0.15, -0.1) is 0 Å². The van der Waals surface area contributed by atoms with Crippen molar-refractivity contribution >= 4 is 27.7 Å². The molecule has 1 atom stereocenters. The van der Waals surface area contributed by atoms with Crippen molar-refractivity contribution in [1.82, 2.24) is 5.43 Å². The molecule has 1 aliphatic rings. The molecule has 1 saturated carbocycles. The van der Waals surface area contributed by atoms with Gasteiger partial charge >= 0.3 is 0 Å². The average molecular weight is 333 g/mol. The molecular weight excluding hydrogens is 315 g/mol. The molecule has 0 bridgehead atoms. The maximum atomic E-state index is 14.0. The van der Waals surface area contributed by atoms with E-state index in [0.29, 0.717) is 10.0 Å². The highest BCUT2D eigenvalue weighted by Gasteiger charge is 2.20. The number of hydrogen-bond acceptors (Lipinski definition) is 3. The molecule has 18 heavy (non-hydrogen) atoms. The Balaban J connectivity index is 2.00. The van der Waals surface area contributed by atoms with Crippen LogP contribution >= 0.6 is 27.7 Å². The second-order valence-electron chi connectivity index (χ2n) is 4.60. The standard InChI is InChI=1S/C13H18BrFN2S/c14-11-7-3-6-10(13(11)15)12(17-16)8-18-9-4-1-2-5-9/h3,6-7,9,12,17H,1-2,4-5,8,16H2. The van der Waals surface area contributed by atoms with E-state index in [1.807, 2.05) is 17.8 Å². The third-order valence-corrected chi connectivity index (χ3v) is 5.44. The normalized spacial score (nSPS) is 18.2. The number of hydrazine groups is 1. The van der Waals surface area contributed by atoms with Crippen LogP contribution in [0.4, 0.5) is 4.39 Å². The summed E-state index contributed by atoms with van der Waals surface area (Å²) in [5, 5.41) is 0.719. The lowest BCUT2D eigenvalue weighted by atomic mass is 10.1. The molecule has 5 heteroatoms. The first-order valence-corrected chi connectivity index (χ1v) is 8.08. The summed E-state index contributed by atoms with van der Waals surface area (Å²) in [7, 11) is 0. The fourth-order valence-electron chi connectivity index (χ4n) is 2.30. The first kappa shape index (κ1) is 14.3. The monoisotopic (exact) mass is 332 g/mol. The Labute approximate surface area is 120 Å². The van der Waals surface area contributed by atoms with Crippen LogP contribution in [0.25, 0.3) is 0 Å². The topological polar surface area (TPSA) is 38.0 Å². The second kappa shape index (κ2) is 6.89. The summed E-state index contributed by atoms with van der Waals surface area (Å²) in [6, 6.07) is 5.21. The van der Waals surface area contributed by atoms with E-state index < -0.39 is 0 Å². The van der Waals surface area contributed by atoms with Gasteiger partial charge in [0.2, 0.25) is 0 Å². The summed E-state index contributed by atoms with van der Waals surface area (Å²) < 4.78 is 14.5. The molecule has 2 nitrogen and oxygen atoms in total. The Kier molecular flexibility index (Phi) is 5.48. The van der Waals surface area contributed by atoms with Gasteiger partial charge in [-0.1, -0.05) is 25.0 Å². The molecule has 0 radical (unpaired) electrons. The molecule has 1 aromatic rings. The first-order chi connectivity index (χ1) is 8.72. The number of hydrogen-bond donors (Lipinski definition) is 2. The largest absolute Gasteiger partial charge is 0.271 e. The Hall–Kier alpha value is -0.100. The molecule has 1 unspecified atom stereocenters. The van der Waals surface area contributed by atoms with Crippen LogP contribution in [-0.4, -0.2) is 11.0 Å². The minimum Gasteiger partial charge on any atom is -0.271 e. The van der Waals surface area contributed by atoms with Crippen molar-refractivity contribution in [3.63, 3.8) is 0 Å². The summed E-state index contributed by atoms with van der Waals surface area (Å²) in [6.07, 6.45) is 5.21. The minimum atomic E-state index is -0.215. The second-order valence-corrected chi connectivity index (χ2v) is 6.79. The minimum absolute atomic E-state index is 0.131. The third-order valence-electron chi connectivity index (χ3n) is 3.36. The third kappa shape index (κ3) is 3.47. The van der Waals surface area contributed by atoms with E-state index >= 15 is 0 Å². The van der Waals surface area contributed by atoms with Crippen LogP contribution in [-0.2, 0) is 0 Å². The molecule has 2 rings (SSSR count). The molecule has 1 fully saturated rings. The highest BCUT2D eigenvalue weighted by atomic mass is 79.9. The van der Waals surface area contributed by atoms with Gasteiger partial charge in [-0.2, -0.15) is 11.8 Å². The highest BCUT2D eigenvalue weighted by Crippen LogP contribution is 2.33. The van der Waals surface area contributed by atoms with Crippen molar-refractivity contribution in [3.8, 4) is 0 Å². The lowest BCUT2D eigenvalue weighted by Crippen LogP contribution is -2.31. The molecule has 0 aromatic heterocycles. The van der Waals surface area contributed by atoms with Gasteiger partial charge in [-0.3, -0.25) is 11.3 Å². The van der Waals surface area contributed by atoms with Gasteiger partial charge < -0.3 is 0 Å². The quantitative estimate of drug-likeness (QED) is 0.636. The molecule has 0 spiro atoms. The molecule has 0 amide bonds. The fourth-order valence-corrected chi connectivity index (χ4v) is 4.09. The first-order valence-electron chi connectivity index (χ1n) is 6.24. The van der Waals surface area contributed by atoms with Crippen molar-refractivity contribution in [2.24, 2.45) is 5.84 Å². The van der Waals surface area contributed by atoms with Crippen LogP contribution in [0.15, 0.2) is 22.7 Å². The van der Waals surface area contributed by atoms with Crippen LogP contribution in [0.1, 0.15) is 37.3 Å². The van der Waals surface area contributed by atoms with Gasteiger partial charge in [-0.25, -0.2) is 4.39 Å². The molecule has 0 aliphatic heterocycles.